The molecular weight excluding hydrogens is 658 g/mol. The number of carbonyl (C=O) groups is 2. The SMILES string of the molecule is CCCCCCCCCCCCCCCN(CCCCCCCCCCCCCCC)C(=O)C(C)NC(=O)CCCCC[N+](C)(C)C.[Br-]. The molecule has 2 amide bonds. The monoisotopic (exact) mass is 744 g/mol. The third-order valence-corrected chi connectivity index (χ3v) is 9.86. The van der Waals surface area contributed by atoms with Crippen molar-refractivity contribution in [2.75, 3.05) is 40.8 Å². The van der Waals surface area contributed by atoms with Crippen molar-refractivity contribution in [1.82, 2.24) is 10.2 Å². The average Bonchev–Trinajstić information content (AvgIpc) is 3.03. The number of nitrogens with one attached hydrogen (secondary N) is 1. The molecule has 0 saturated carbocycles. The molecule has 48 heavy (non-hydrogen) atoms. The predicted octanol–water partition coefficient (Wildman–Crippen LogP) is 8.77. The van der Waals surface area contributed by atoms with Crippen molar-refractivity contribution < 1.29 is 31.1 Å². The number of nitrogens with zero attached hydrogens (tertiary/aromatic N) is 2. The highest BCUT2D eigenvalue weighted by Crippen LogP contribution is 2.15. The van der Waals surface area contributed by atoms with Crippen LogP contribution in [0.2, 0.25) is 0 Å². The van der Waals surface area contributed by atoms with E-state index in [0.717, 1.165) is 56.2 Å². The van der Waals surface area contributed by atoms with Crippen LogP contribution in [-0.2, 0) is 9.59 Å². The van der Waals surface area contributed by atoms with Gasteiger partial charge >= 0.3 is 0 Å². The zero-order valence-corrected chi connectivity index (χ0v) is 35.1. The zero-order valence-electron chi connectivity index (χ0n) is 33.5. The van der Waals surface area contributed by atoms with Crippen LogP contribution in [0, 0.1) is 0 Å². The minimum atomic E-state index is -0.433. The van der Waals surface area contributed by atoms with Crippen LogP contribution in [-0.4, -0.2) is 68.0 Å². The van der Waals surface area contributed by atoms with E-state index in [4.69, 9.17) is 0 Å². The van der Waals surface area contributed by atoms with Crippen molar-refractivity contribution in [3.8, 4) is 0 Å². The predicted molar refractivity (Wildman–Crippen MR) is 207 cm³/mol. The molecule has 0 bridgehead atoms. The highest BCUT2D eigenvalue weighted by Gasteiger charge is 2.21. The van der Waals surface area contributed by atoms with Gasteiger partial charge in [0.25, 0.3) is 0 Å². The van der Waals surface area contributed by atoms with Gasteiger partial charge in [0, 0.05) is 19.5 Å². The number of quaternary nitrogens is 1. The standard InChI is InChI=1S/C42H85N3O2.BrH/c1-7-9-11-13-15-17-19-21-23-25-27-29-33-37-44(38-34-30-28-26-24-22-20-18-16-14-12-10-8-2)42(47)40(3)43-41(46)36-32-31-35-39-45(4,5)6;/h40H,7-39H2,1-6H3;1H. The third-order valence-electron chi connectivity index (χ3n) is 9.86. The summed E-state index contributed by atoms with van der Waals surface area (Å²) in [6.45, 7) is 9.25. The molecule has 0 fully saturated rings. The van der Waals surface area contributed by atoms with Crippen LogP contribution in [0.4, 0.5) is 0 Å². The van der Waals surface area contributed by atoms with Gasteiger partial charge in [0.05, 0.1) is 27.7 Å². The smallest absolute Gasteiger partial charge is 0.244 e. The molecule has 0 aliphatic carbocycles. The molecule has 1 unspecified atom stereocenters. The molecule has 0 saturated heterocycles. The molecule has 0 radical (unpaired) electrons. The molecular formula is C42H86BrN3O2. The Labute approximate surface area is 312 Å². The lowest BCUT2D eigenvalue weighted by molar-refractivity contribution is -0.870. The number of carbonyl (C=O) groups excluding carboxylic acids is 2. The Morgan fingerprint density at radius 2 is 0.812 bits per heavy atom. The largest absolute Gasteiger partial charge is 1.00 e. The lowest BCUT2D eigenvalue weighted by Gasteiger charge is -2.26. The second-order valence-corrected chi connectivity index (χ2v) is 15.9. The number of hydrogen-bond acceptors (Lipinski definition) is 2. The van der Waals surface area contributed by atoms with Gasteiger partial charge in [-0.05, 0) is 39.0 Å². The second-order valence-electron chi connectivity index (χ2n) is 15.9. The molecule has 0 aromatic rings. The Morgan fingerprint density at radius 1 is 0.500 bits per heavy atom. The number of unbranched alkanes of at least 4 members (excludes halogenated alkanes) is 26. The first-order chi connectivity index (χ1) is 22.7. The number of rotatable bonds is 36. The topological polar surface area (TPSA) is 49.4 Å². The summed E-state index contributed by atoms with van der Waals surface area (Å²) < 4.78 is 0.964. The molecule has 0 aromatic heterocycles. The molecule has 5 nitrogen and oxygen atoms in total. The summed E-state index contributed by atoms with van der Waals surface area (Å²) in [4.78, 5) is 28.2. The minimum absolute atomic E-state index is 0. The van der Waals surface area contributed by atoms with Gasteiger partial charge in [0.1, 0.15) is 6.04 Å². The summed E-state index contributed by atoms with van der Waals surface area (Å²) in [6, 6.07) is -0.433. The molecule has 1 N–H and O–H groups in total. The maximum absolute atomic E-state index is 13.5. The van der Waals surface area contributed by atoms with Gasteiger partial charge in [-0.1, -0.05) is 168 Å². The maximum atomic E-state index is 13.5. The Hall–Kier alpha value is -0.620. The van der Waals surface area contributed by atoms with Crippen LogP contribution >= 0.6 is 0 Å². The Morgan fingerprint density at radius 3 is 1.15 bits per heavy atom. The third kappa shape index (κ3) is 35.2. The lowest BCUT2D eigenvalue weighted by Crippen LogP contribution is -3.00. The van der Waals surface area contributed by atoms with E-state index in [2.05, 4.69) is 45.2 Å². The highest BCUT2D eigenvalue weighted by atomic mass is 79.9. The molecule has 0 heterocycles. The molecule has 0 spiro atoms. The minimum Gasteiger partial charge on any atom is -1.00 e. The first kappa shape index (κ1) is 49.5. The number of amides is 2. The van der Waals surface area contributed by atoms with Crippen molar-refractivity contribution >= 4 is 11.8 Å². The normalized spacial score (nSPS) is 12.1. The van der Waals surface area contributed by atoms with E-state index in [1.54, 1.807) is 0 Å². The van der Waals surface area contributed by atoms with Gasteiger partial charge < -0.3 is 31.7 Å². The first-order valence-electron chi connectivity index (χ1n) is 21.1. The van der Waals surface area contributed by atoms with Crippen LogP contribution < -0.4 is 22.3 Å². The van der Waals surface area contributed by atoms with Gasteiger partial charge in [-0.15, -0.1) is 0 Å². The summed E-state index contributed by atoms with van der Waals surface area (Å²) >= 11 is 0. The summed E-state index contributed by atoms with van der Waals surface area (Å²) in [5, 5.41) is 3.03. The fourth-order valence-electron chi connectivity index (χ4n) is 6.67. The molecule has 0 aromatic carbocycles. The van der Waals surface area contributed by atoms with Gasteiger partial charge in [-0.25, -0.2) is 0 Å². The van der Waals surface area contributed by atoms with Crippen molar-refractivity contribution in [2.45, 2.75) is 219 Å². The van der Waals surface area contributed by atoms with Crippen LogP contribution in [0.15, 0.2) is 0 Å². The Balaban J connectivity index is 0. The van der Waals surface area contributed by atoms with E-state index in [0.29, 0.717) is 6.42 Å². The van der Waals surface area contributed by atoms with E-state index in [9.17, 15) is 9.59 Å². The lowest BCUT2D eigenvalue weighted by atomic mass is 10.0. The molecule has 0 rings (SSSR count). The summed E-state index contributed by atoms with van der Waals surface area (Å²) in [6.07, 6.45) is 38.4. The van der Waals surface area contributed by atoms with Gasteiger partial charge in [0.2, 0.25) is 11.8 Å². The second kappa shape index (κ2) is 36.2. The fourth-order valence-corrected chi connectivity index (χ4v) is 6.67. The summed E-state index contributed by atoms with van der Waals surface area (Å²) in [5.41, 5.74) is 0. The number of hydrogen-bond donors (Lipinski definition) is 1. The van der Waals surface area contributed by atoms with Crippen LogP contribution in [0.25, 0.3) is 0 Å². The van der Waals surface area contributed by atoms with Crippen molar-refractivity contribution in [3.63, 3.8) is 0 Å². The van der Waals surface area contributed by atoms with Crippen molar-refractivity contribution in [2.24, 2.45) is 0 Å². The molecule has 288 valence electrons. The quantitative estimate of drug-likeness (QED) is 0.0516. The Bertz CT molecular complexity index is 667. The van der Waals surface area contributed by atoms with E-state index >= 15 is 0 Å². The van der Waals surface area contributed by atoms with E-state index in [-0.39, 0.29) is 28.8 Å². The average molecular weight is 745 g/mol. The Kier molecular flexibility index (Phi) is 37.3. The fraction of sp³-hybridized carbons (Fsp3) is 0.952. The zero-order chi connectivity index (χ0) is 34.9. The molecule has 0 aliphatic rings. The van der Waals surface area contributed by atoms with Gasteiger partial charge in [-0.3, -0.25) is 9.59 Å². The van der Waals surface area contributed by atoms with Crippen molar-refractivity contribution in [1.29, 1.82) is 0 Å². The van der Waals surface area contributed by atoms with E-state index < -0.39 is 6.04 Å². The van der Waals surface area contributed by atoms with E-state index in [1.807, 2.05) is 6.92 Å². The van der Waals surface area contributed by atoms with Gasteiger partial charge in [0.15, 0.2) is 0 Å². The summed E-state index contributed by atoms with van der Waals surface area (Å²) in [7, 11) is 6.63. The van der Waals surface area contributed by atoms with E-state index in [1.165, 1.54) is 154 Å². The van der Waals surface area contributed by atoms with Crippen molar-refractivity contribution in [3.05, 3.63) is 0 Å². The number of halogens is 1. The molecule has 0 aliphatic heterocycles. The van der Waals surface area contributed by atoms with Crippen LogP contribution in [0.3, 0.4) is 0 Å². The van der Waals surface area contributed by atoms with Crippen LogP contribution in [0.1, 0.15) is 213 Å². The first-order valence-corrected chi connectivity index (χ1v) is 21.1. The highest BCUT2D eigenvalue weighted by molar-refractivity contribution is 5.87. The maximum Gasteiger partial charge on any atom is 0.244 e. The molecule has 6 heteroatoms. The van der Waals surface area contributed by atoms with Crippen LogP contribution in [0.5, 0.6) is 0 Å². The van der Waals surface area contributed by atoms with Gasteiger partial charge in [-0.2, -0.15) is 0 Å². The molecule has 1 atom stereocenters. The summed E-state index contributed by atoms with van der Waals surface area (Å²) in [5.74, 6) is 0.138.